The Balaban J connectivity index is 2.51. The zero-order valence-corrected chi connectivity index (χ0v) is 15.3. The van der Waals surface area contributed by atoms with Crippen LogP contribution in [-0.4, -0.2) is 23.7 Å². The molecule has 0 saturated carbocycles. The highest BCUT2D eigenvalue weighted by Crippen LogP contribution is 2.39. The van der Waals surface area contributed by atoms with Crippen molar-refractivity contribution in [3.8, 4) is 5.75 Å². The van der Waals surface area contributed by atoms with E-state index in [4.69, 9.17) is 4.74 Å². The minimum Gasteiger partial charge on any atom is -0.496 e. The number of hydrogen-bond donors (Lipinski definition) is 1. The van der Waals surface area contributed by atoms with E-state index in [1.54, 1.807) is 12.1 Å². The number of azo groups is 1. The molecule has 26 heavy (non-hydrogen) atoms. The normalized spacial score (nSPS) is 10.8. The number of rotatable bonds is 6. The number of methoxy groups -OCH3 is 1. The van der Waals surface area contributed by atoms with Crippen molar-refractivity contribution in [2.75, 3.05) is 12.4 Å². The Kier molecular flexibility index (Phi) is 5.78. The molecule has 136 valence electrons. The van der Waals surface area contributed by atoms with Crippen LogP contribution in [0.15, 0.2) is 28.4 Å². The summed E-state index contributed by atoms with van der Waals surface area (Å²) in [6, 6.07) is 4.43. The van der Waals surface area contributed by atoms with Gasteiger partial charge in [0.25, 0.3) is 0 Å². The number of ether oxygens (including phenoxy) is 1. The summed E-state index contributed by atoms with van der Waals surface area (Å²) >= 11 is 0.749. The van der Waals surface area contributed by atoms with Gasteiger partial charge in [0.2, 0.25) is 5.91 Å². The van der Waals surface area contributed by atoms with Crippen LogP contribution in [-0.2, 0) is 4.79 Å². The predicted molar refractivity (Wildman–Crippen MR) is 97.2 cm³/mol. The number of carbonyl (C=O) groups excluding carboxylic acids is 2. The molecule has 1 heterocycles. The average molecular weight is 376 g/mol. The van der Waals surface area contributed by atoms with Gasteiger partial charge in [-0.1, -0.05) is 0 Å². The third-order valence-electron chi connectivity index (χ3n) is 3.33. The van der Waals surface area contributed by atoms with Gasteiger partial charge in [0, 0.05) is 19.1 Å². The molecule has 0 aliphatic heterocycles. The molecular weight excluding hydrogens is 360 g/mol. The van der Waals surface area contributed by atoms with Gasteiger partial charge in [-0.05, 0) is 36.8 Å². The Hall–Kier alpha value is -3.14. The van der Waals surface area contributed by atoms with Gasteiger partial charge in [-0.3, -0.25) is 19.7 Å². The van der Waals surface area contributed by atoms with Crippen molar-refractivity contribution in [1.29, 1.82) is 0 Å². The molecule has 0 aliphatic carbocycles. The third-order valence-corrected chi connectivity index (χ3v) is 4.30. The Bertz CT molecular complexity index is 920. The lowest BCUT2D eigenvalue weighted by Crippen LogP contribution is -2.06. The molecule has 0 bridgehead atoms. The van der Waals surface area contributed by atoms with Gasteiger partial charge in [-0.15, -0.1) is 10.2 Å². The Morgan fingerprint density at radius 3 is 2.46 bits per heavy atom. The lowest BCUT2D eigenvalue weighted by atomic mass is 10.1. The maximum Gasteiger partial charge on any atom is 0.326 e. The second kappa shape index (κ2) is 7.83. The number of anilines is 1. The number of nitrogens with zero attached hydrogens (tertiary/aromatic N) is 3. The SMILES string of the molecule is COc1cc(N=Nc2sc([N+](=O)[O-])cc2C(C)=O)c(NC(C)=O)cc1C. The number of thiophene rings is 1. The smallest absolute Gasteiger partial charge is 0.326 e. The molecule has 0 radical (unpaired) electrons. The van der Waals surface area contributed by atoms with E-state index in [1.165, 1.54) is 27.0 Å². The summed E-state index contributed by atoms with van der Waals surface area (Å²) in [7, 11) is 1.50. The van der Waals surface area contributed by atoms with Crippen molar-refractivity contribution < 1.29 is 19.2 Å². The number of amides is 1. The largest absolute Gasteiger partial charge is 0.496 e. The van der Waals surface area contributed by atoms with Crippen LogP contribution >= 0.6 is 11.3 Å². The summed E-state index contributed by atoms with van der Waals surface area (Å²) in [4.78, 5) is 33.4. The van der Waals surface area contributed by atoms with E-state index in [-0.39, 0.29) is 27.3 Å². The highest BCUT2D eigenvalue weighted by Gasteiger charge is 2.19. The molecule has 10 heteroatoms. The van der Waals surface area contributed by atoms with Gasteiger partial charge in [-0.25, -0.2) is 0 Å². The lowest BCUT2D eigenvalue weighted by molar-refractivity contribution is -0.380. The molecule has 2 rings (SSSR count). The van der Waals surface area contributed by atoms with Crippen LogP contribution in [0.3, 0.4) is 0 Å². The van der Waals surface area contributed by atoms with Gasteiger partial charge in [0.15, 0.2) is 10.8 Å². The average Bonchev–Trinajstić information content (AvgIpc) is 2.98. The fourth-order valence-corrected chi connectivity index (χ4v) is 3.00. The number of Topliss-reactive ketones (excluding diaryl/α,β-unsaturated/α-hetero) is 1. The highest BCUT2D eigenvalue weighted by molar-refractivity contribution is 7.19. The summed E-state index contributed by atoms with van der Waals surface area (Å²) in [5.74, 6) is -0.105. The van der Waals surface area contributed by atoms with Crippen LogP contribution in [0.25, 0.3) is 0 Å². The van der Waals surface area contributed by atoms with Crippen LogP contribution in [0.4, 0.5) is 21.4 Å². The first-order chi connectivity index (χ1) is 12.2. The third kappa shape index (κ3) is 4.28. The zero-order valence-electron chi connectivity index (χ0n) is 14.5. The van der Waals surface area contributed by atoms with E-state index >= 15 is 0 Å². The molecule has 0 unspecified atom stereocenters. The van der Waals surface area contributed by atoms with E-state index < -0.39 is 4.92 Å². The number of nitro groups is 1. The second-order valence-corrected chi connectivity index (χ2v) is 6.35. The monoisotopic (exact) mass is 376 g/mol. The molecule has 0 aliphatic rings. The number of carbonyl (C=O) groups is 2. The molecule has 1 aromatic heterocycles. The van der Waals surface area contributed by atoms with Crippen molar-refractivity contribution in [3.63, 3.8) is 0 Å². The second-order valence-electron chi connectivity index (χ2n) is 5.34. The number of hydrogen-bond acceptors (Lipinski definition) is 8. The zero-order chi connectivity index (χ0) is 19.4. The standard InChI is InChI=1S/C16H16N4O5S/c1-8-5-12(17-10(3)22)13(7-14(8)25-4)18-19-16-11(9(2)21)6-15(26-16)20(23)24/h5-7H,1-4H3,(H,17,22). The first-order valence-electron chi connectivity index (χ1n) is 7.40. The summed E-state index contributed by atoms with van der Waals surface area (Å²) < 4.78 is 5.24. The topological polar surface area (TPSA) is 123 Å². The molecule has 0 spiro atoms. The van der Waals surface area contributed by atoms with Gasteiger partial charge < -0.3 is 10.1 Å². The fourth-order valence-electron chi connectivity index (χ4n) is 2.15. The summed E-state index contributed by atoms with van der Waals surface area (Å²) in [5, 5.41) is 21.5. The summed E-state index contributed by atoms with van der Waals surface area (Å²) in [6.45, 7) is 4.46. The minimum absolute atomic E-state index is 0.116. The van der Waals surface area contributed by atoms with Crippen LogP contribution in [0, 0.1) is 17.0 Å². The van der Waals surface area contributed by atoms with Crippen molar-refractivity contribution in [3.05, 3.63) is 39.4 Å². The molecule has 9 nitrogen and oxygen atoms in total. The van der Waals surface area contributed by atoms with Crippen molar-refractivity contribution >= 4 is 44.4 Å². The number of benzene rings is 1. The van der Waals surface area contributed by atoms with Crippen LogP contribution < -0.4 is 10.1 Å². The summed E-state index contributed by atoms with van der Waals surface area (Å²) in [6.07, 6.45) is 0. The van der Waals surface area contributed by atoms with E-state index in [1.807, 2.05) is 6.92 Å². The van der Waals surface area contributed by atoms with Gasteiger partial charge in [0.05, 0.1) is 23.3 Å². The molecule has 2 aromatic rings. The van der Waals surface area contributed by atoms with Crippen molar-refractivity contribution in [2.45, 2.75) is 20.8 Å². The predicted octanol–water partition coefficient (Wildman–Crippen LogP) is 4.55. The van der Waals surface area contributed by atoms with Crippen molar-refractivity contribution in [2.24, 2.45) is 10.2 Å². The van der Waals surface area contributed by atoms with E-state index in [0.29, 0.717) is 17.1 Å². The van der Waals surface area contributed by atoms with Crippen LogP contribution in [0.2, 0.25) is 0 Å². The molecule has 1 N–H and O–H groups in total. The van der Waals surface area contributed by atoms with Crippen molar-refractivity contribution in [1.82, 2.24) is 0 Å². The maximum atomic E-state index is 11.7. The Labute approximate surface area is 152 Å². The fraction of sp³-hybridized carbons (Fsp3) is 0.250. The minimum atomic E-state index is -0.590. The van der Waals surface area contributed by atoms with Gasteiger partial charge >= 0.3 is 5.00 Å². The van der Waals surface area contributed by atoms with Gasteiger partial charge in [0.1, 0.15) is 11.4 Å². The molecule has 0 atom stereocenters. The van der Waals surface area contributed by atoms with E-state index in [2.05, 4.69) is 15.5 Å². The molecular formula is C16H16N4O5S. The summed E-state index contributed by atoms with van der Waals surface area (Å²) in [5.41, 5.74) is 1.61. The highest BCUT2D eigenvalue weighted by atomic mass is 32.1. The van der Waals surface area contributed by atoms with Crippen LogP contribution in [0.5, 0.6) is 5.75 Å². The first kappa shape index (κ1) is 19.2. The maximum absolute atomic E-state index is 11.7. The Morgan fingerprint density at radius 2 is 1.92 bits per heavy atom. The number of nitrogens with one attached hydrogen (secondary N) is 1. The molecule has 0 fully saturated rings. The van der Waals surface area contributed by atoms with E-state index in [0.717, 1.165) is 16.9 Å². The van der Waals surface area contributed by atoms with Gasteiger partial charge in [-0.2, -0.15) is 0 Å². The lowest BCUT2D eigenvalue weighted by Gasteiger charge is -2.10. The molecule has 0 saturated heterocycles. The number of ketones is 1. The quantitative estimate of drug-likeness (QED) is 0.343. The van der Waals surface area contributed by atoms with E-state index in [9.17, 15) is 19.7 Å². The molecule has 1 amide bonds. The Morgan fingerprint density at radius 1 is 1.23 bits per heavy atom. The molecule has 1 aromatic carbocycles. The first-order valence-corrected chi connectivity index (χ1v) is 8.21. The van der Waals surface area contributed by atoms with Crippen LogP contribution in [0.1, 0.15) is 29.8 Å². The number of aryl methyl sites for hydroxylation is 1.